The van der Waals surface area contributed by atoms with Crippen molar-refractivity contribution in [2.45, 2.75) is 46.6 Å². The number of hydroxylamine groups is 1. The Hall–Kier alpha value is -2.67. The van der Waals surface area contributed by atoms with Crippen LogP contribution in [-0.4, -0.2) is 18.4 Å². The Bertz CT molecular complexity index is 839. The van der Waals surface area contributed by atoms with Crippen molar-refractivity contribution in [2.75, 3.05) is 12.2 Å². The van der Waals surface area contributed by atoms with Crippen LogP contribution in [0.3, 0.4) is 0 Å². The molecule has 0 aromatic heterocycles. The molecule has 0 atom stereocenters. The highest BCUT2D eigenvalue weighted by Crippen LogP contribution is 2.34. The summed E-state index contributed by atoms with van der Waals surface area (Å²) < 4.78 is 37.3. The number of anilines is 1. The number of amides is 1. The highest BCUT2D eigenvalue weighted by atomic mass is 19.3. The number of hydrogen-bond acceptors (Lipinski definition) is 4. The number of nitrogens with zero attached hydrogens (tertiary/aromatic N) is 1. The standard InChI is InChI=1S/C21H25F2NO4/c1-5-14-8-7-9-18(24(26)21(25)27-4)17(14)12-28-19-10-13(3)15(6-2)11-16(19)20(22)23/h7-11,20,26H,5-6,12H2,1-4H3. The number of carbonyl (C=O) groups excluding carboxylic acids is 1. The van der Waals surface area contributed by atoms with Crippen LogP contribution < -0.4 is 9.80 Å². The van der Waals surface area contributed by atoms with Crippen LogP contribution in [-0.2, 0) is 24.2 Å². The normalized spacial score (nSPS) is 10.9. The van der Waals surface area contributed by atoms with E-state index in [1.807, 2.05) is 26.8 Å². The van der Waals surface area contributed by atoms with E-state index in [0.717, 1.165) is 23.8 Å². The summed E-state index contributed by atoms with van der Waals surface area (Å²) in [5.74, 6) is 0.0871. The minimum Gasteiger partial charge on any atom is -0.488 e. The second-order valence-electron chi connectivity index (χ2n) is 6.31. The number of methoxy groups -OCH3 is 1. The van der Waals surface area contributed by atoms with Crippen molar-refractivity contribution in [2.24, 2.45) is 0 Å². The molecule has 0 heterocycles. The van der Waals surface area contributed by atoms with Gasteiger partial charge in [0.1, 0.15) is 12.4 Å². The second kappa shape index (κ2) is 9.50. The van der Waals surface area contributed by atoms with Crippen LogP contribution in [0.15, 0.2) is 30.3 Å². The smallest absolute Gasteiger partial charge is 0.438 e. The Morgan fingerprint density at radius 2 is 1.86 bits per heavy atom. The molecule has 1 amide bonds. The van der Waals surface area contributed by atoms with Crippen molar-refractivity contribution in [1.82, 2.24) is 0 Å². The molecule has 2 aromatic carbocycles. The van der Waals surface area contributed by atoms with Gasteiger partial charge in [0.15, 0.2) is 0 Å². The molecule has 0 bridgehead atoms. The van der Waals surface area contributed by atoms with Crippen LogP contribution in [0.4, 0.5) is 19.3 Å². The van der Waals surface area contributed by atoms with Crippen molar-refractivity contribution < 1.29 is 28.3 Å². The summed E-state index contributed by atoms with van der Waals surface area (Å²) in [6, 6.07) is 8.12. The first-order valence-corrected chi connectivity index (χ1v) is 9.06. The largest absolute Gasteiger partial charge is 0.488 e. The monoisotopic (exact) mass is 393 g/mol. The lowest BCUT2D eigenvalue weighted by Crippen LogP contribution is -2.28. The molecule has 0 aliphatic heterocycles. The fourth-order valence-electron chi connectivity index (χ4n) is 3.07. The molecule has 0 radical (unpaired) electrons. The predicted octanol–water partition coefficient (Wildman–Crippen LogP) is 5.60. The van der Waals surface area contributed by atoms with E-state index < -0.39 is 12.5 Å². The molecular weight excluding hydrogens is 368 g/mol. The summed E-state index contributed by atoms with van der Waals surface area (Å²) in [5, 5.41) is 10.5. The Balaban J connectivity index is 2.42. The van der Waals surface area contributed by atoms with E-state index in [1.165, 1.54) is 12.1 Å². The van der Waals surface area contributed by atoms with E-state index in [-0.39, 0.29) is 23.6 Å². The minimum atomic E-state index is -2.67. The molecule has 7 heteroatoms. The third kappa shape index (κ3) is 4.59. The van der Waals surface area contributed by atoms with Gasteiger partial charge in [-0.3, -0.25) is 5.21 Å². The van der Waals surface area contributed by atoms with E-state index >= 15 is 0 Å². The summed E-state index contributed by atoms with van der Waals surface area (Å²) >= 11 is 0. The quantitative estimate of drug-likeness (QED) is 0.491. The van der Waals surface area contributed by atoms with Gasteiger partial charge in [-0.1, -0.05) is 26.0 Å². The fraction of sp³-hybridized carbons (Fsp3) is 0.381. The van der Waals surface area contributed by atoms with E-state index in [0.29, 0.717) is 23.5 Å². The summed E-state index contributed by atoms with van der Waals surface area (Å²) in [7, 11) is 1.15. The lowest BCUT2D eigenvalue weighted by molar-refractivity contribution is 0.140. The Morgan fingerprint density at radius 1 is 1.18 bits per heavy atom. The molecule has 1 N–H and O–H groups in total. The van der Waals surface area contributed by atoms with Gasteiger partial charge >= 0.3 is 6.09 Å². The first-order chi connectivity index (χ1) is 13.3. The number of halogens is 2. The van der Waals surface area contributed by atoms with Crippen molar-refractivity contribution in [3.05, 3.63) is 58.1 Å². The van der Waals surface area contributed by atoms with Gasteiger partial charge in [-0.15, -0.1) is 0 Å². The zero-order valence-electron chi connectivity index (χ0n) is 16.5. The van der Waals surface area contributed by atoms with Crippen LogP contribution >= 0.6 is 0 Å². The average molecular weight is 393 g/mol. The molecule has 0 fully saturated rings. The third-order valence-electron chi connectivity index (χ3n) is 4.66. The highest BCUT2D eigenvalue weighted by molar-refractivity contribution is 5.86. The van der Waals surface area contributed by atoms with Crippen LogP contribution in [0.1, 0.15) is 48.1 Å². The van der Waals surface area contributed by atoms with Gasteiger partial charge in [0, 0.05) is 5.56 Å². The average Bonchev–Trinajstić information content (AvgIpc) is 2.70. The number of benzene rings is 2. The Kier molecular flexibility index (Phi) is 7.34. The molecule has 2 rings (SSSR count). The SMILES string of the molecule is CCc1cc(C(F)F)c(OCc2c(CC)cccc2N(O)C(=O)OC)cc1C. The van der Waals surface area contributed by atoms with Gasteiger partial charge in [0.25, 0.3) is 6.43 Å². The maximum absolute atomic E-state index is 13.5. The number of carbonyl (C=O) groups is 1. The zero-order chi connectivity index (χ0) is 20.8. The van der Waals surface area contributed by atoms with Crippen molar-refractivity contribution in [3.8, 4) is 5.75 Å². The molecule has 0 unspecified atom stereocenters. The van der Waals surface area contributed by atoms with Crippen LogP contribution in [0.25, 0.3) is 0 Å². The summed E-state index contributed by atoms with van der Waals surface area (Å²) in [4.78, 5) is 11.7. The number of ether oxygens (including phenoxy) is 2. The fourth-order valence-corrected chi connectivity index (χ4v) is 3.07. The molecule has 0 aliphatic carbocycles. The molecule has 2 aromatic rings. The summed E-state index contributed by atoms with van der Waals surface area (Å²) in [6.07, 6.45) is -2.37. The van der Waals surface area contributed by atoms with Gasteiger partial charge in [0.05, 0.1) is 18.4 Å². The Morgan fingerprint density at radius 3 is 2.43 bits per heavy atom. The summed E-state index contributed by atoms with van der Waals surface area (Å²) in [5.41, 5.74) is 3.06. The first-order valence-electron chi connectivity index (χ1n) is 9.06. The molecule has 0 spiro atoms. The molecule has 0 aliphatic rings. The molecule has 0 saturated carbocycles. The predicted molar refractivity (Wildman–Crippen MR) is 102 cm³/mol. The third-order valence-corrected chi connectivity index (χ3v) is 4.66. The van der Waals surface area contributed by atoms with Gasteiger partial charge in [0.2, 0.25) is 0 Å². The van der Waals surface area contributed by atoms with E-state index in [2.05, 4.69) is 4.74 Å². The number of alkyl halides is 2. The van der Waals surface area contributed by atoms with Gasteiger partial charge in [-0.25, -0.2) is 13.6 Å². The molecule has 0 saturated heterocycles. The number of aryl methyl sites for hydroxylation is 3. The topological polar surface area (TPSA) is 59.0 Å². The lowest BCUT2D eigenvalue weighted by atomic mass is 10.0. The van der Waals surface area contributed by atoms with Crippen LogP contribution in [0.5, 0.6) is 5.75 Å². The lowest BCUT2D eigenvalue weighted by Gasteiger charge is -2.21. The maximum Gasteiger partial charge on any atom is 0.438 e. The molecule has 152 valence electrons. The van der Waals surface area contributed by atoms with Crippen molar-refractivity contribution >= 4 is 11.8 Å². The molecule has 28 heavy (non-hydrogen) atoms. The number of hydrogen-bond donors (Lipinski definition) is 1. The van der Waals surface area contributed by atoms with Gasteiger partial charge in [-0.2, -0.15) is 5.06 Å². The van der Waals surface area contributed by atoms with E-state index in [4.69, 9.17) is 4.74 Å². The highest BCUT2D eigenvalue weighted by Gasteiger charge is 2.21. The van der Waals surface area contributed by atoms with E-state index in [1.54, 1.807) is 12.1 Å². The van der Waals surface area contributed by atoms with Crippen molar-refractivity contribution in [3.63, 3.8) is 0 Å². The Labute approximate surface area is 163 Å². The molecule has 5 nitrogen and oxygen atoms in total. The maximum atomic E-state index is 13.5. The van der Waals surface area contributed by atoms with Crippen LogP contribution in [0.2, 0.25) is 0 Å². The second-order valence-corrected chi connectivity index (χ2v) is 6.31. The van der Waals surface area contributed by atoms with Crippen LogP contribution in [0, 0.1) is 6.92 Å². The minimum absolute atomic E-state index is 0.0853. The van der Waals surface area contributed by atoms with Gasteiger partial charge in [-0.05, 0) is 54.7 Å². The summed E-state index contributed by atoms with van der Waals surface area (Å²) in [6.45, 7) is 5.58. The van der Waals surface area contributed by atoms with Gasteiger partial charge < -0.3 is 9.47 Å². The van der Waals surface area contributed by atoms with Crippen molar-refractivity contribution in [1.29, 1.82) is 0 Å². The zero-order valence-corrected chi connectivity index (χ0v) is 16.5. The first kappa shape index (κ1) is 21.6. The van der Waals surface area contributed by atoms with E-state index in [9.17, 15) is 18.8 Å². The molecular formula is C21H25F2NO4. The number of rotatable bonds is 7.